The lowest BCUT2D eigenvalue weighted by Gasteiger charge is -2.15. The molecule has 3 rings (SSSR count). The fourth-order valence-electron chi connectivity index (χ4n) is 2.19. The highest BCUT2D eigenvalue weighted by Crippen LogP contribution is 2.20. The van der Waals surface area contributed by atoms with Gasteiger partial charge in [-0.1, -0.05) is 17.7 Å². The van der Waals surface area contributed by atoms with Gasteiger partial charge in [0.1, 0.15) is 18.2 Å². The predicted octanol–water partition coefficient (Wildman–Crippen LogP) is 3.05. The van der Waals surface area contributed by atoms with Crippen LogP contribution < -0.4 is 5.01 Å². The molecule has 9 heteroatoms. The maximum Gasteiger partial charge on any atom is 0.165 e. The van der Waals surface area contributed by atoms with E-state index in [4.69, 9.17) is 26.5 Å². The first kappa shape index (κ1) is 22.5. The standard InChI is InChI=1S/C16H13ClN6.C2H4O.CH2O/c1-11-3-4-12(8-18)7-14(11)22(2)19-9-13-10-20-23-6-5-15(17)21-16(13)23;1-2-3;1-2/h3-7,9-10H,1-2H3;2H,1H3;1H2/b19-9+;;. The van der Waals surface area contributed by atoms with E-state index in [9.17, 15) is 0 Å². The highest BCUT2D eigenvalue weighted by Gasteiger charge is 2.07. The number of fused-ring (bicyclic) bond motifs is 1. The average molecular weight is 399 g/mol. The number of hydrogen-bond donors (Lipinski definition) is 0. The maximum absolute atomic E-state index is 9.02. The molecule has 2 aromatic heterocycles. The second kappa shape index (κ2) is 11.2. The third kappa shape index (κ3) is 5.72. The van der Waals surface area contributed by atoms with Crippen molar-refractivity contribution in [1.82, 2.24) is 14.6 Å². The average Bonchev–Trinajstić information content (AvgIpc) is 3.10. The van der Waals surface area contributed by atoms with Crippen LogP contribution in [0.4, 0.5) is 5.69 Å². The summed E-state index contributed by atoms with van der Waals surface area (Å²) in [5, 5.41) is 19.7. The van der Waals surface area contributed by atoms with Gasteiger partial charge in [0.05, 0.1) is 35.3 Å². The zero-order chi connectivity index (χ0) is 21.1. The monoisotopic (exact) mass is 398 g/mol. The number of aldehydes is 1. The van der Waals surface area contributed by atoms with Crippen LogP contribution in [0.1, 0.15) is 23.6 Å². The van der Waals surface area contributed by atoms with Crippen LogP contribution >= 0.6 is 11.6 Å². The molecule has 0 bridgehead atoms. The number of aryl methyl sites for hydroxylation is 1. The van der Waals surface area contributed by atoms with Gasteiger partial charge in [-0.25, -0.2) is 9.50 Å². The van der Waals surface area contributed by atoms with Crippen molar-refractivity contribution < 1.29 is 9.59 Å². The minimum atomic E-state index is 0.401. The van der Waals surface area contributed by atoms with E-state index in [1.54, 1.807) is 46.3 Å². The fourth-order valence-corrected chi connectivity index (χ4v) is 2.33. The summed E-state index contributed by atoms with van der Waals surface area (Å²) >= 11 is 5.92. The number of nitriles is 1. The number of rotatable bonds is 3. The molecule has 0 aliphatic carbocycles. The molecule has 0 amide bonds. The first-order chi connectivity index (χ1) is 13.5. The Labute approximate surface area is 167 Å². The van der Waals surface area contributed by atoms with E-state index in [0.29, 0.717) is 16.4 Å². The first-order valence-corrected chi connectivity index (χ1v) is 8.35. The zero-order valence-corrected chi connectivity index (χ0v) is 16.5. The minimum Gasteiger partial charge on any atom is -0.307 e. The van der Waals surface area contributed by atoms with Gasteiger partial charge in [-0.3, -0.25) is 5.01 Å². The molecule has 0 aliphatic heterocycles. The lowest BCUT2D eigenvalue weighted by Crippen LogP contribution is -2.10. The third-order valence-electron chi connectivity index (χ3n) is 3.42. The van der Waals surface area contributed by atoms with Crippen LogP contribution in [0.15, 0.2) is 41.8 Å². The molecule has 1 aromatic carbocycles. The lowest BCUT2D eigenvalue weighted by molar-refractivity contribution is -0.106. The Hall–Kier alpha value is -3.57. The molecule has 144 valence electrons. The molecule has 0 aliphatic rings. The van der Waals surface area contributed by atoms with Crippen LogP contribution in [-0.2, 0) is 9.59 Å². The number of aromatic nitrogens is 3. The molecule has 0 unspecified atom stereocenters. The SMILES string of the molecule is C=O.CC=O.Cc1ccc(C#N)cc1N(C)/N=C/c1cnn2ccc(Cl)nc12. The van der Waals surface area contributed by atoms with Crippen molar-refractivity contribution in [1.29, 1.82) is 5.26 Å². The van der Waals surface area contributed by atoms with E-state index in [1.807, 2.05) is 26.8 Å². The Balaban J connectivity index is 0.000000717. The van der Waals surface area contributed by atoms with Gasteiger partial charge in [-0.15, -0.1) is 0 Å². The van der Waals surface area contributed by atoms with E-state index in [2.05, 4.69) is 21.3 Å². The number of nitrogens with zero attached hydrogens (tertiary/aromatic N) is 6. The quantitative estimate of drug-likeness (QED) is 0.290. The molecular formula is C19H19ClN6O2. The van der Waals surface area contributed by atoms with Gasteiger partial charge < -0.3 is 9.59 Å². The van der Waals surface area contributed by atoms with Crippen molar-refractivity contribution in [2.75, 3.05) is 12.1 Å². The van der Waals surface area contributed by atoms with Gasteiger partial charge in [0, 0.05) is 13.2 Å². The van der Waals surface area contributed by atoms with Crippen molar-refractivity contribution in [3.8, 4) is 6.07 Å². The Morgan fingerprint density at radius 3 is 2.68 bits per heavy atom. The molecule has 0 fully saturated rings. The van der Waals surface area contributed by atoms with E-state index in [1.165, 1.54) is 6.92 Å². The summed E-state index contributed by atoms with van der Waals surface area (Å²) in [7, 11) is 1.83. The van der Waals surface area contributed by atoms with Gasteiger partial charge in [-0.2, -0.15) is 15.5 Å². The van der Waals surface area contributed by atoms with Crippen LogP contribution in [0.3, 0.4) is 0 Å². The van der Waals surface area contributed by atoms with Crippen molar-refractivity contribution >= 4 is 42.2 Å². The molecule has 0 spiro atoms. The fraction of sp³-hybridized carbons (Fsp3) is 0.158. The minimum absolute atomic E-state index is 0.401. The van der Waals surface area contributed by atoms with Crippen LogP contribution in [0.25, 0.3) is 5.65 Å². The summed E-state index contributed by atoms with van der Waals surface area (Å²) in [6.07, 6.45) is 5.84. The van der Waals surface area contributed by atoms with Gasteiger partial charge >= 0.3 is 0 Å². The molecule has 0 radical (unpaired) electrons. The highest BCUT2D eigenvalue weighted by molar-refractivity contribution is 6.29. The number of benzene rings is 1. The van der Waals surface area contributed by atoms with Gasteiger partial charge in [0.15, 0.2) is 5.65 Å². The van der Waals surface area contributed by atoms with E-state index < -0.39 is 0 Å². The first-order valence-electron chi connectivity index (χ1n) is 7.97. The van der Waals surface area contributed by atoms with Gasteiger partial charge in [0.25, 0.3) is 0 Å². The number of hydrogen-bond acceptors (Lipinski definition) is 7. The van der Waals surface area contributed by atoms with Gasteiger partial charge in [0.2, 0.25) is 0 Å². The Morgan fingerprint density at radius 2 is 2.04 bits per heavy atom. The smallest absolute Gasteiger partial charge is 0.165 e. The summed E-state index contributed by atoms with van der Waals surface area (Å²) < 4.78 is 1.63. The van der Waals surface area contributed by atoms with Crippen molar-refractivity contribution in [3.05, 3.63) is 58.5 Å². The molecule has 2 heterocycles. The van der Waals surface area contributed by atoms with Crippen LogP contribution in [0.2, 0.25) is 5.15 Å². The molecule has 0 saturated heterocycles. The van der Waals surface area contributed by atoms with Crippen molar-refractivity contribution in [3.63, 3.8) is 0 Å². The highest BCUT2D eigenvalue weighted by atomic mass is 35.5. The zero-order valence-electron chi connectivity index (χ0n) is 15.7. The molecule has 3 aromatic rings. The van der Waals surface area contributed by atoms with Crippen LogP contribution in [-0.4, -0.2) is 40.9 Å². The van der Waals surface area contributed by atoms with E-state index in [0.717, 1.165) is 23.1 Å². The number of hydrazone groups is 1. The lowest BCUT2D eigenvalue weighted by atomic mass is 10.1. The largest absolute Gasteiger partial charge is 0.307 e. The summed E-state index contributed by atoms with van der Waals surface area (Å²) in [6, 6.07) is 9.29. The van der Waals surface area contributed by atoms with E-state index >= 15 is 0 Å². The summed E-state index contributed by atoms with van der Waals surface area (Å²) in [5.74, 6) is 0. The molecule has 0 saturated carbocycles. The molecule has 8 nitrogen and oxygen atoms in total. The third-order valence-corrected chi connectivity index (χ3v) is 3.63. The number of carbonyl (C=O) groups is 2. The second-order valence-corrected chi connectivity index (χ2v) is 5.62. The molecule has 0 atom stereocenters. The van der Waals surface area contributed by atoms with Crippen molar-refractivity contribution in [2.24, 2.45) is 5.10 Å². The Bertz CT molecular complexity index is 1010. The second-order valence-electron chi connectivity index (χ2n) is 5.24. The molecular weight excluding hydrogens is 380 g/mol. The predicted molar refractivity (Wildman–Crippen MR) is 109 cm³/mol. The number of carbonyl (C=O) groups excluding carboxylic acids is 2. The van der Waals surface area contributed by atoms with Crippen molar-refractivity contribution in [2.45, 2.75) is 13.8 Å². The molecule has 28 heavy (non-hydrogen) atoms. The normalized spacial score (nSPS) is 9.68. The summed E-state index contributed by atoms with van der Waals surface area (Å²) in [4.78, 5) is 21.0. The number of anilines is 1. The summed E-state index contributed by atoms with van der Waals surface area (Å²) in [5.41, 5.74) is 3.88. The Kier molecular flexibility index (Phi) is 8.99. The number of halogens is 1. The topological polar surface area (TPSA) is 104 Å². The Morgan fingerprint density at radius 1 is 1.36 bits per heavy atom. The van der Waals surface area contributed by atoms with Crippen LogP contribution in [0, 0.1) is 18.3 Å². The van der Waals surface area contributed by atoms with E-state index in [-0.39, 0.29) is 0 Å². The maximum atomic E-state index is 9.02. The summed E-state index contributed by atoms with van der Waals surface area (Å²) in [6.45, 7) is 5.42. The molecule has 0 N–H and O–H groups in total. The van der Waals surface area contributed by atoms with Crippen LogP contribution in [0.5, 0.6) is 0 Å². The van der Waals surface area contributed by atoms with Gasteiger partial charge in [-0.05, 0) is 37.6 Å².